The van der Waals surface area contributed by atoms with Crippen LogP contribution in [0, 0.1) is 0 Å². The second kappa shape index (κ2) is 7.08. The van der Waals surface area contributed by atoms with Gasteiger partial charge in [-0.2, -0.15) is 0 Å². The number of rotatable bonds is 5. The molecule has 0 bridgehead atoms. The summed E-state index contributed by atoms with van der Waals surface area (Å²) in [7, 11) is 1.52. The molecule has 0 aliphatic heterocycles. The molecule has 6 heteroatoms. The Labute approximate surface area is 125 Å². The van der Waals surface area contributed by atoms with Crippen LogP contribution < -0.4 is 20.7 Å². The van der Waals surface area contributed by atoms with Crippen LogP contribution >= 0.6 is 0 Å². The Hall–Kier alpha value is -2.08. The van der Waals surface area contributed by atoms with Gasteiger partial charge in [-0.15, -0.1) is 0 Å². The highest BCUT2D eigenvalue weighted by molar-refractivity contribution is 5.95. The Bertz CT molecular complexity index is 521. The van der Waals surface area contributed by atoms with E-state index in [-0.39, 0.29) is 23.9 Å². The van der Waals surface area contributed by atoms with Gasteiger partial charge < -0.3 is 20.7 Å². The van der Waals surface area contributed by atoms with Gasteiger partial charge in [-0.25, -0.2) is 0 Å². The molecule has 1 rings (SSSR count). The molecule has 0 heterocycles. The van der Waals surface area contributed by atoms with Crippen molar-refractivity contribution in [3.05, 3.63) is 18.2 Å². The summed E-state index contributed by atoms with van der Waals surface area (Å²) in [6.07, 6.45) is 0. The van der Waals surface area contributed by atoms with Gasteiger partial charge in [0.15, 0.2) is 0 Å². The molecular weight excluding hydrogens is 270 g/mol. The van der Waals surface area contributed by atoms with Gasteiger partial charge in [-0.05, 0) is 39.0 Å². The first kappa shape index (κ1) is 17.0. The molecule has 0 spiro atoms. The van der Waals surface area contributed by atoms with Crippen LogP contribution in [-0.2, 0) is 9.59 Å². The van der Waals surface area contributed by atoms with Crippen LogP contribution in [0.3, 0.4) is 0 Å². The van der Waals surface area contributed by atoms with Gasteiger partial charge >= 0.3 is 0 Å². The van der Waals surface area contributed by atoms with Crippen molar-refractivity contribution < 1.29 is 14.3 Å². The molecule has 1 aromatic rings. The van der Waals surface area contributed by atoms with Crippen LogP contribution in [0.2, 0.25) is 0 Å². The van der Waals surface area contributed by atoms with E-state index >= 15 is 0 Å². The van der Waals surface area contributed by atoms with Crippen molar-refractivity contribution in [2.45, 2.75) is 33.2 Å². The summed E-state index contributed by atoms with van der Waals surface area (Å²) in [5, 5.41) is 8.54. The quantitative estimate of drug-likeness (QED) is 0.775. The predicted molar refractivity (Wildman–Crippen MR) is 83.7 cm³/mol. The van der Waals surface area contributed by atoms with Crippen LogP contribution in [0.25, 0.3) is 0 Å². The Kier molecular flexibility index (Phi) is 5.72. The second-order valence-electron chi connectivity index (χ2n) is 5.75. The first-order valence-electron chi connectivity index (χ1n) is 6.72. The third-order valence-electron chi connectivity index (χ3n) is 2.57. The van der Waals surface area contributed by atoms with E-state index in [1.807, 2.05) is 20.8 Å². The molecule has 0 saturated heterocycles. The van der Waals surface area contributed by atoms with Crippen LogP contribution in [0.4, 0.5) is 11.4 Å². The number of methoxy groups -OCH3 is 1. The summed E-state index contributed by atoms with van der Waals surface area (Å²) in [6, 6.07) is 5.07. The Morgan fingerprint density at radius 2 is 1.86 bits per heavy atom. The summed E-state index contributed by atoms with van der Waals surface area (Å²) in [6.45, 7) is 7.57. The molecule has 116 valence electrons. The van der Waals surface area contributed by atoms with Crippen molar-refractivity contribution in [3.8, 4) is 5.75 Å². The predicted octanol–water partition coefficient (Wildman–Crippen LogP) is 1.98. The van der Waals surface area contributed by atoms with Crippen molar-refractivity contribution in [2.24, 2.45) is 0 Å². The fourth-order valence-corrected chi connectivity index (χ4v) is 1.63. The van der Waals surface area contributed by atoms with E-state index in [9.17, 15) is 9.59 Å². The number of amides is 2. The number of hydrogen-bond donors (Lipinski definition) is 3. The SMILES string of the molecule is COc1ccc(NC(C)=O)cc1NC(=O)CNC(C)(C)C. The summed E-state index contributed by atoms with van der Waals surface area (Å²) in [5.41, 5.74) is 0.978. The van der Waals surface area contributed by atoms with Gasteiger partial charge in [0.05, 0.1) is 19.3 Å². The number of carbonyl (C=O) groups is 2. The number of benzene rings is 1. The molecule has 3 N–H and O–H groups in total. The largest absolute Gasteiger partial charge is 0.495 e. The minimum Gasteiger partial charge on any atom is -0.495 e. The smallest absolute Gasteiger partial charge is 0.238 e. The molecule has 21 heavy (non-hydrogen) atoms. The zero-order valence-electron chi connectivity index (χ0n) is 13.2. The zero-order valence-corrected chi connectivity index (χ0v) is 13.2. The van der Waals surface area contributed by atoms with Crippen molar-refractivity contribution in [2.75, 3.05) is 24.3 Å². The van der Waals surface area contributed by atoms with E-state index in [0.717, 1.165) is 0 Å². The van der Waals surface area contributed by atoms with Crippen LogP contribution in [0.1, 0.15) is 27.7 Å². The van der Waals surface area contributed by atoms with Crippen LogP contribution in [-0.4, -0.2) is 31.0 Å². The Morgan fingerprint density at radius 1 is 1.19 bits per heavy atom. The Morgan fingerprint density at radius 3 is 2.38 bits per heavy atom. The second-order valence-corrected chi connectivity index (χ2v) is 5.75. The van der Waals surface area contributed by atoms with E-state index in [1.54, 1.807) is 18.2 Å². The van der Waals surface area contributed by atoms with E-state index in [4.69, 9.17) is 4.74 Å². The van der Waals surface area contributed by atoms with Crippen molar-refractivity contribution in [1.29, 1.82) is 0 Å². The molecule has 2 amide bonds. The fraction of sp³-hybridized carbons (Fsp3) is 0.467. The van der Waals surface area contributed by atoms with Gasteiger partial charge in [0, 0.05) is 18.2 Å². The lowest BCUT2D eigenvalue weighted by Crippen LogP contribution is -2.41. The highest BCUT2D eigenvalue weighted by Gasteiger charge is 2.13. The first-order valence-corrected chi connectivity index (χ1v) is 6.72. The molecule has 0 aliphatic rings. The average Bonchev–Trinajstić information content (AvgIpc) is 2.35. The topological polar surface area (TPSA) is 79.5 Å². The minimum absolute atomic E-state index is 0.139. The average molecular weight is 293 g/mol. The third kappa shape index (κ3) is 6.27. The van der Waals surface area contributed by atoms with Gasteiger partial charge in [0.2, 0.25) is 11.8 Å². The van der Waals surface area contributed by atoms with Crippen LogP contribution in [0.15, 0.2) is 18.2 Å². The molecule has 1 aromatic carbocycles. The molecule has 0 saturated carbocycles. The molecule has 0 aliphatic carbocycles. The van der Waals surface area contributed by atoms with Crippen molar-refractivity contribution in [1.82, 2.24) is 5.32 Å². The van der Waals surface area contributed by atoms with Crippen molar-refractivity contribution >= 4 is 23.2 Å². The summed E-state index contributed by atoms with van der Waals surface area (Å²) in [5.74, 6) is 0.184. The van der Waals surface area contributed by atoms with E-state index in [0.29, 0.717) is 17.1 Å². The third-order valence-corrected chi connectivity index (χ3v) is 2.57. The molecule has 6 nitrogen and oxygen atoms in total. The summed E-state index contributed by atoms with van der Waals surface area (Å²) >= 11 is 0. The maximum Gasteiger partial charge on any atom is 0.238 e. The maximum absolute atomic E-state index is 11.9. The van der Waals surface area contributed by atoms with Gasteiger partial charge in [-0.1, -0.05) is 0 Å². The Balaban J connectivity index is 2.79. The summed E-state index contributed by atoms with van der Waals surface area (Å²) in [4.78, 5) is 23.0. The molecular formula is C15H23N3O3. The maximum atomic E-state index is 11.9. The number of carbonyl (C=O) groups excluding carboxylic acids is 2. The van der Waals surface area contributed by atoms with Crippen molar-refractivity contribution in [3.63, 3.8) is 0 Å². The molecule has 0 radical (unpaired) electrons. The zero-order chi connectivity index (χ0) is 16.0. The highest BCUT2D eigenvalue weighted by atomic mass is 16.5. The lowest BCUT2D eigenvalue weighted by Gasteiger charge is -2.20. The molecule has 0 atom stereocenters. The number of hydrogen-bond acceptors (Lipinski definition) is 4. The van der Waals surface area contributed by atoms with Gasteiger partial charge in [-0.3, -0.25) is 9.59 Å². The highest BCUT2D eigenvalue weighted by Crippen LogP contribution is 2.27. The van der Waals surface area contributed by atoms with E-state index in [1.165, 1.54) is 14.0 Å². The monoisotopic (exact) mass is 293 g/mol. The standard InChI is InChI=1S/C15H23N3O3/c1-10(19)17-11-6-7-13(21-5)12(8-11)18-14(20)9-16-15(2,3)4/h6-8,16H,9H2,1-5H3,(H,17,19)(H,18,20). The lowest BCUT2D eigenvalue weighted by molar-refractivity contribution is -0.116. The van der Waals surface area contributed by atoms with E-state index in [2.05, 4.69) is 16.0 Å². The minimum atomic E-state index is -0.178. The number of ether oxygens (including phenoxy) is 1. The van der Waals surface area contributed by atoms with E-state index < -0.39 is 0 Å². The molecule has 0 aromatic heterocycles. The van der Waals surface area contributed by atoms with Gasteiger partial charge in [0.1, 0.15) is 5.75 Å². The normalized spacial score (nSPS) is 10.9. The van der Waals surface area contributed by atoms with Gasteiger partial charge in [0.25, 0.3) is 0 Å². The molecule has 0 unspecified atom stereocenters. The van der Waals surface area contributed by atoms with Crippen LogP contribution in [0.5, 0.6) is 5.75 Å². The molecule has 0 fully saturated rings. The number of anilines is 2. The summed E-state index contributed by atoms with van der Waals surface area (Å²) < 4.78 is 5.20. The first-order chi connectivity index (χ1) is 9.71. The number of nitrogens with one attached hydrogen (secondary N) is 3. The fourth-order valence-electron chi connectivity index (χ4n) is 1.63. The lowest BCUT2D eigenvalue weighted by atomic mass is 10.1.